The molecule has 3 rings (SSSR count). The molecule has 24 heavy (non-hydrogen) atoms. The van der Waals surface area contributed by atoms with Gasteiger partial charge in [-0.1, -0.05) is 42.5 Å². The molecular formula is C20H21NO2S. The maximum absolute atomic E-state index is 11.9. The number of ether oxygens (including phenoxy) is 1. The number of allylic oxidation sites excluding steroid dienone is 1. The Morgan fingerprint density at radius 3 is 2.67 bits per heavy atom. The summed E-state index contributed by atoms with van der Waals surface area (Å²) in [6, 6.07) is 15.5. The Morgan fingerprint density at radius 1 is 1.21 bits per heavy atom. The number of hydrogen-bond donors (Lipinski definition) is 1. The van der Waals surface area contributed by atoms with Gasteiger partial charge in [-0.15, -0.1) is 0 Å². The predicted octanol–water partition coefficient (Wildman–Crippen LogP) is 3.77. The average Bonchev–Trinajstić information content (AvgIpc) is 3.04. The Kier molecular flexibility index (Phi) is 5.38. The minimum absolute atomic E-state index is 0.371. The van der Waals surface area contributed by atoms with E-state index in [0.717, 1.165) is 17.7 Å². The highest BCUT2D eigenvalue weighted by Crippen LogP contribution is 2.32. The van der Waals surface area contributed by atoms with Crippen molar-refractivity contribution in [3.8, 4) is 5.75 Å². The number of thioether (sulfide) groups is 1. The summed E-state index contributed by atoms with van der Waals surface area (Å²) < 4.78 is 5.36. The molecule has 0 aromatic heterocycles. The fourth-order valence-corrected chi connectivity index (χ4v) is 3.25. The van der Waals surface area contributed by atoms with E-state index in [2.05, 4.69) is 30.3 Å². The van der Waals surface area contributed by atoms with E-state index in [1.807, 2.05) is 30.5 Å². The van der Waals surface area contributed by atoms with Crippen LogP contribution >= 0.6 is 11.8 Å². The van der Waals surface area contributed by atoms with Crippen molar-refractivity contribution in [2.45, 2.75) is 18.9 Å². The molecular weight excluding hydrogens is 318 g/mol. The van der Waals surface area contributed by atoms with E-state index < -0.39 is 6.04 Å². The first-order chi connectivity index (χ1) is 11.7. The van der Waals surface area contributed by atoms with Gasteiger partial charge in [0.1, 0.15) is 11.8 Å². The molecule has 124 valence electrons. The first-order valence-corrected chi connectivity index (χ1v) is 9.42. The van der Waals surface area contributed by atoms with Gasteiger partial charge in [-0.25, -0.2) is 4.79 Å². The van der Waals surface area contributed by atoms with Crippen LogP contribution in [0.1, 0.15) is 23.1 Å². The summed E-state index contributed by atoms with van der Waals surface area (Å²) in [6.45, 7) is 0. The second-order valence-electron chi connectivity index (χ2n) is 5.88. The third-order valence-electron chi connectivity index (χ3n) is 4.15. The lowest BCUT2D eigenvalue weighted by Crippen LogP contribution is -2.34. The van der Waals surface area contributed by atoms with Gasteiger partial charge in [-0.05, 0) is 59.2 Å². The van der Waals surface area contributed by atoms with Gasteiger partial charge in [0.2, 0.25) is 0 Å². The van der Waals surface area contributed by atoms with Gasteiger partial charge in [0.15, 0.2) is 0 Å². The average molecular weight is 339 g/mol. The van der Waals surface area contributed by atoms with Crippen molar-refractivity contribution in [2.24, 2.45) is 5.73 Å². The van der Waals surface area contributed by atoms with Crippen LogP contribution in [0, 0.1) is 0 Å². The van der Waals surface area contributed by atoms with E-state index in [4.69, 9.17) is 10.5 Å². The molecule has 1 atom stereocenters. The largest absolute Gasteiger partial charge is 0.425 e. The predicted molar refractivity (Wildman–Crippen MR) is 101 cm³/mol. The summed E-state index contributed by atoms with van der Waals surface area (Å²) in [5, 5.41) is 0. The number of esters is 1. The number of fused-ring (bicyclic) bond motifs is 1. The molecule has 0 saturated heterocycles. The maximum atomic E-state index is 11.9. The van der Waals surface area contributed by atoms with E-state index in [1.54, 1.807) is 11.8 Å². The quantitative estimate of drug-likeness (QED) is 0.643. The van der Waals surface area contributed by atoms with E-state index in [-0.39, 0.29) is 5.97 Å². The standard InChI is InChI=1S/C20H21NO2S/c1-24-11-10-19(21)20(22)23-18-8-6-14(7-9-18)17-12-15-4-2-3-5-16(15)13-17/h2-9,12,19H,10-11,13,21H2,1H3. The molecule has 1 aliphatic rings. The fraction of sp³-hybridized carbons (Fsp3) is 0.250. The second-order valence-corrected chi connectivity index (χ2v) is 6.86. The third-order valence-corrected chi connectivity index (χ3v) is 4.79. The van der Waals surface area contributed by atoms with Crippen LogP contribution in [0.15, 0.2) is 48.5 Å². The highest BCUT2D eigenvalue weighted by Gasteiger charge is 2.16. The zero-order valence-electron chi connectivity index (χ0n) is 13.7. The molecule has 0 amide bonds. The molecule has 1 unspecified atom stereocenters. The number of rotatable bonds is 6. The van der Waals surface area contributed by atoms with Crippen LogP contribution in [0.25, 0.3) is 11.6 Å². The smallest absolute Gasteiger partial charge is 0.328 e. The Hall–Kier alpha value is -2.04. The second kappa shape index (κ2) is 7.69. The van der Waals surface area contributed by atoms with Gasteiger partial charge < -0.3 is 10.5 Å². The number of carbonyl (C=O) groups excluding carboxylic acids is 1. The van der Waals surface area contributed by atoms with Crippen LogP contribution < -0.4 is 10.5 Å². The first-order valence-electron chi connectivity index (χ1n) is 8.02. The Balaban J connectivity index is 1.64. The molecule has 0 heterocycles. The number of hydrogen-bond acceptors (Lipinski definition) is 4. The van der Waals surface area contributed by atoms with Gasteiger partial charge >= 0.3 is 5.97 Å². The number of benzene rings is 2. The summed E-state index contributed by atoms with van der Waals surface area (Å²) >= 11 is 1.67. The van der Waals surface area contributed by atoms with Crippen LogP contribution in [0.4, 0.5) is 0 Å². The Morgan fingerprint density at radius 2 is 1.96 bits per heavy atom. The zero-order chi connectivity index (χ0) is 16.9. The summed E-state index contributed by atoms with van der Waals surface area (Å²) in [7, 11) is 0. The van der Waals surface area contributed by atoms with Crippen molar-refractivity contribution >= 4 is 29.4 Å². The molecule has 0 fully saturated rings. The summed E-state index contributed by atoms with van der Waals surface area (Å²) in [6.07, 6.45) is 5.78. The van der Waals surface area contributed by atoms with Crippen LogP contribution in [0.3, 0.4) is 0 Å². The van der Waals surface area contributed by atoms with Crippen LogP contribution in [-0.2, 0) is 11.2 Å². The molecule has 0 radical (unpaired) electrons. The molecule has 0 saturated carbocycles. The Bertz CT molecular complexity index is 752. The first kappa shape index (κ1) is 16.8. The molecule has 2 N–H and O–H groups in total. The van der Waals surface area contributed by atoms with Crippen molar-refractivity contribution in [3.63, 3.8) is 0 Å². The number of nitrogens with two attached hydrogens (primary N) is 1. The maximum Gasteiger partial charge on any atom is 0.328 e. The van der Waals surface area contributed by atoms with Gasteiger partial charge in [0, 0.05) is 0 Å². The molecule has 3 nitrogen and oxygen atoms in total. The summed E-state index contributed by atoms with van der Waals surface area (Å²) in [4.78, 5) is 11.9. The molecule has 0 spiro atoms. The minimum Gasteiger partial charge on any atom is -0.425 e. The minimum atomic E-state index is -0.566. The highest BCUT2D eigenvalue weighted by molar-refractivity contribution is 7.98. The SMILES string of the molecule is CSCCC(N)C(=O)Oc1ccc(C2=Cc3ccccc3C2)cc1. The van der Waals surface area contributed by atoms with Gasteiger partial charge in [-0.2, -0.15) is 11.8 Å². The van der Waals surface area contributed by atoms with Crippen molar-refractivity contribution in [1.82, 2.24) is 0 Å². The third kappa shape index (κ3) is 3.89. The van der Waals surface area contributed by atoms with Crippen molar-refractivity contribution in [1.29, 1.82) is 0 Å². The summed E-state index contributed by atoms with van der Waals surface area (Å²) in [5.41, 5.74) is 10.9. The monoisotopic (exact) mass is 339 g/mol. The molecule has 1 aliphatic carbocycles. The molecule has 0 aliphatic heterocycles. The number of carbonyl (C=O) groups is 1. The van der Waals surface area contributed by atoms with Crippen molar-refractivity contribution in [2.75, 3.05) is 12.0 Å². The lowest BCUT2D eigenvalue weighted by molar-refractivity contribution is -0.135. The van der Waals surface area contributed by atoms with Gasteiger partial charge in [-0.3, -0.25) is 0 Å². The zero-order valence-corrected chi connectivity index (χ0v) is 14.5. The summed E-state index contributed by atoms with van der Waals surface area (Å²) in [5.74, 6) is 1.02. The van der Waals surface area contributed by atoms with E-state index >= 15 is 0 Å². The lowest BCUT2D eigenvalue weighted by atomic mass is 10.0. The molecule has 2 aromatic carbocycles. The van der Waals surface area contributed by atoms with Gasteiger partial charge in [0.25, 0.3) is 0 Å². The van der Waals surface area contributed by atoms with Crippen LogP contribution in [-0.4, -0.2) is 24.0 Å². The van der Waals surface area contributed by atoms with Crippen LogP contribution in [0.5, 0.6) is 5.75 Å². The van der Waals surface area contributed by atoms with E-state index in [0.29, 0.717) is 12.2 Å². The van der Waals surface area contributed by atoms with E-state index in [9.17, 15) is 4.79 Å². The lowest BCUT2D eigenvalue weighted by Gasteiger charge is -2.11. The molecule has 4 heteroatoms. The normalized spacial score (nSPS) is 14.0. The highest BCUT2D eigenvalue weighted by atomic mass is 32.2. The molecule has 2 aromatic rings. The molecule has 0 bridgehead atoms. The Labute approximate surface area is 146 Å². The van der Waals surface area contributed by atoms with Crippen molar-refractivity contribution in [3.05, 3.63) is 65.2 Å². The van der Waals surface area contributed by atoms with Gasteiger partial charge in [0.05, 0.1) is 0 Å². The van der Waals surface area contributed by atoms with E-state index in [1.165, 1.54) is 16.7 Å². The van der Waals surface area contributed by atoms with Crippen molar-refractivity contribution < 1.29 is 9.53 Å². The fourth-order valence-electron chi connectivity index (χ4n) is 2.76. The topological polar surface area (TPSA) is 52.3 Å². The van der Waals surface area contributed by atoms with Crippen LogP contribution in [0.2, 0.25) is 0 Å².